The molecule has 1 aliphatic heterocycles. The number of pyridine rings is 1. The van der Waals surface area contributed by atoms with E-state index >= 15 is 0 Å². The van der Waals surface area contributed by atoms with Crippen molar-refractivity contribution in [3.63, 3.8) is 0 Å². The van der Waals surface area contributed by atoms with Crippen molar-refractivity contribution in [3.05, 3.63) is 47.8 Å². The highest BCUT2D eigenvalue weighted by atomic mass is 16.5. The smallest absolute Gasteiger partial charge is 0.404 e. The Balaban J connectivity index is 1.98. The molecule has 1 aromatic carbocycles. The molecule has 0 unspecified atom stereocenters. The molecular weight excluding hydrogens is 280 g/mol. The van der Waals surface area contributed by atoms with Crippen LogP contribution in [0.15, 0.2) is 36.5 Å². The molecule has 0 spiro atoms. The van der Waals surface area contributed by atoms with Crippen molar-refractivity contribution in [2.75, 3.05) is 13.2 Å². The van der Waals surface area contributed by atoms with Crippen molar-refractivity contribution >= 4 is 6.09 Å². The number of amides is 1. The van der Waals surface area contributed by atoms with Crippen LogP contribution in [0.25, 0.3) is 11.1 Å². The molecule has 1 aliphatic rings. The van der Waals surface area contributed by atoms with Crippen LogP contribution in [-0.4, -0.2) is 29.3 Å². The zero-order valence-electron chi connectivity index (χ0n) is 12.4. The number of ether oxygens (including phenoxy) is 1. The summed E-state index contributed by atoms with van der Waals surface area (Å²) in [6.45, 7) is 2.96. The SMILES string of the molecule is Cc1cc(-c2cccc3c2OCC[C@H]3CNC(=O)O)ccn1. The van der Waals surface area contributed by atoms with E-state index in [0.717, 1.165) is 34.6 Å². The summed E-state index contributed by atoms with van der Waals surface area (Å²) in [6, 6.07) is 10.0. The molecule has 0 saturated heterocycles. The molecule has 1 amide bonds. The minimum Gasteiger partial charge on any atom is -0.493 e. The second-order valence-corrected chi connectivity index (χ2v) is 5.43. The maximum atomic E-state index is 10.7. The molecule has 1 aromatic heterocycles. The van der Waals surface area contributed by atoms with Gasteiger partial charge in [-0.05, 0) is 36.6 Å². The van der Waals surface area contributed by atoms with Crippen LogP contribution in [0.4, 0.5) is 4.79 Å². The van der Waals surface area contributed by atoms with E-state index in [1.807, 2.05) is 37.3 Å². The Morgan fingerprint density at radius 3 is 3.09 bits per heavy atom. The van der Waals surface area contributed by atoms with E-state index in [1.165, 1.54) is 0 Å². The van der Waals surface area contributed by atoms with Crippen molar-refractivity contribution in [1.29, 1.82) is 0 Å². The van der Waals surface area contributed by atoms with Gasteiger partial charge in [-0.2, -0.15) is 0 Å². The zero-order chi connectivity index (χ0) is 15.5. The highest BCUT2D eigenvalue weighted by Gasteiger charge is 2.24. The predicted octanol–water partition coefficient (Wildman–Crippen LogP) is 3.19. The van der Waals surface area contributed by atoms with Gasteiger partial charge in [0.15, 0.2) is 0 Å². The fourth-order valence-electron chi connectivity index (χ4n) is 2.86. The van der Waals surface area contributed by atoms with Crippen LogP contribution >= 0.6 is 0 Å². The quantitative estimate of drug-likeness (QED) is 0.913. The van der Waals surface area contributed by atoms with Gasteiger partial charge in [0.2, 0.25) is 0 Å². The van der Waals surface area contributed by atoms with Crippen molar-refractivity contribution in [3.8, 4) is 16.9 Å². The lowest BCUT2D eigenvalue weighted by atomic mass is 9.89. The average Bonchev–Trinajstić information content (AvgIpc) is 2.52. The van der Waals surface area contributed by atoms with Crippen LogP contribution in [0.3, 0.4) is 0 Å². The highest BCUT2D eigenvalue weighted by Crippen LogP contribution is 2.40. The fourth-order valence-corrected chi connectivity index (χ4v) is 2.86. The lowest BCUT2D eigenvalue weighted by Crippen LogP contribution is -2.29. The van der Waals surface area contributed by atoms with E-state index in [1.54, 1.807) is 6.20 Å². The number of rotatable bonds is 3. The summed E-state index contributed by atoms with van der Waals surface area (Å²) in [5.41, 5.74) is 4.11. The number of hydrogen-bond donors (Lipinski definition) is 2. The van der Waals surface area contributed by atoms with Gasteiger partial charge in [-0.25, -0.2) is 4.79 Å². The number of para-hydroxylation sites is 1. The van der Waals surface area contributed by atoms with Crippen molar-refractivity contribution < 1.29 is 14.6 Å². The first-order valence-electron chi connectivity index (χ1n) is 7.30. The van der Waals surface area contributed by atoms with Gasteiger partial charge in [-0.3, -0.25) is 4.98 Å². The Labute approximate surface area is 129 Å². The fraction of sp³-hybridized carbons (Fsp3) is 0.294. The molecule has 0 radical (unpaired) electrons. The van der Waals surface area contributed by atoms with E-state index < -0.39 is 6.09 Å². The number of carboxylic acid groups (broad SMARTS) is 1. The lowest BCUT2D eigenvalue weighted by molar-refractivity contribution is 0.191. The molecule has 2 heterocycles. The molecule has 0 saturated carbocycles. The summed E-state index contributed by atoms with van der Waals surface area (Å²) in [4.78, 5) is 15.0. The van der Waals surface area contributed by atoms with Crippen molar-refractivity contribution in [2.24, 2.45) is 0 Å². The van der Waals surface area contributed by atoms with Gasteiger partial charge < -0.3 is 15.2 Å². The third-order valence-corrected chi connectivity index (χ3v) is 3.91. The molecule has 2 N–H and O–H groups in total. The van der Waals surface area contributed by atoms with Gasteiger partial charge in [0.25, 0.3) is 0 Å². The first-order chi connectivity index (χ1) is 10.6. The minimum atomic E-state index is -0.992. The van der Waals surface area contributed by atoms with Crippen LogP contribution < -0.4 is 10.1 Å². The monoisotopic (exact) mass is 298 g/mol. The van der Waals surface area contributed by atoms with Gasteiger partial charge in [-0.1, -0.05) is 18.2 Å². The van der Waals surface area contributed by atoms with Crippen molar-refractivity contribution in [2.45, 2.75) is 19.3 Å². The second kappa shape index (κ2) is 6.05. The van der Waals surface area contributed by atoms with E-state index in [9.17, 15) is 4.79 Å². The number of nitrogens with one attached hydrogen (secondary N) is 1. The zero-order valence-corrected chi connectivity index (χ0v) is 12.4. The summed E-state index contributed by atoms with van der Waals surface area (Å²) < 4.78 is 5.89. The number of benzene rings is 1. The van der Waals surface area contributed by atoms with Crippen molar-refractivity contribution in [1.82, 2.24) is 10.3 Å². The Hall–Kier alpha value is -2.56. The number of fused-ring (bicyclic) bond motifs is 1. The maximum absolute atomic E-state index is 10.7. The van der Waals surface area contributed by atoms with Gasteiger partial charge in [-0.15, -0.1) is 0 Å². The summed E-state index contributed by atoms with van der Waals surface area (Å²) in [7, 11) is 0. The number of aryl methyl sites for hydroxylation is 1. The molecule has 114 valence electrons. The van der Waals surface area contributed by atoms with Crippen LogP contribution in [-0.2, 0) is 0 Å². The van der Waals surface area contributed by atoms with Gasteiger partial charge in [0, 0.05) is 29.9 Å². The molecule has 5 heteroatoms. The Bertz CT molecular complexity index is 700. The molecule has 0 aliphatic carbocycles. The highest BCUT2D eigenvalue weighted by molar-refractivity contribution is 5.73. The van der Waals surface area contributed by atoms with E-state index in [-0.39, 0.29) is 5.92 Å². The Morgan fingerprint density at radius 1 is 1.45 bits per heavy atom. The number of nitrogens with zero attached hydrogens (tertiary/aromatic N) is 1. The topological polar surface area (TPSA) is 71.5 Å². The molecule has 0 fully saturated rings. The standard InChI is InChI=1S/C17H18N2O3/c1-11-9-12(5-7-18-11)14-3-2-4-15-13(10-19-17(20)21)6-8-22-16(14)15/h2-5,7,9,13,19H,6,8,10H2,1H3,(H,20,21)/t13-/m0/s1. The normalized spacial score (nSPS) is 16.5. The largest absolute Gasteiger partial charge is 0.493 e. The van der Waals surface area contributed by atoms with Crippen LogP contribution in [0.2, 0.25) is 0 Å². The number of aromatic nitrogens is 1. The molecular formula is C17H18N2O3. The van der Waals surface area contributed by atoms with E-state index in [0.29, 0.717) is 13.2 Å². The Morgan fingerprint density at radius 2 is 2.32 bits per heavy atom. The first-order valence-corrected chi connectivity index (χ1v) is 7.30. The molecule has 22 heavy (non-hydrogen) atoms. The number of carbonyl (C=O) groups is 1. The van der Waals surface area contributed by atoms with E-state index in [4.69, 9.17) is 9.84 Å². The predicted molar refractivity (Wildman–Crippen MR) is 83.3 cm³/mol. The summed E-state index contributed by atoms with van der Waals surface area (Å²) in [6.07, 6.45) is 1.61. The third-order valence-electron chi connectivity index (χ3n) is 3.91. The number of hydrogen-bond acceptors (Lipinski definition) is 3. The van der Waals surface area contributed by atoms with Crippen LogP contribution in [0.1, 0.15) is 23.6 Å². The molecule has 5 nitrogen and oxygen atoms in total. The first kappa shape index (κ1) is 14.4. The minimum absolute atomic E-state index is 0.141. The summed E-state index contributed by atoms with van der Waals surface area (Å²) >= 11 is 0. The molecule has 3 rings (SSSR count). The molecule has 1 atom stereocenters. The van der Waals surface area contributed by atoms with E-state index in [2.05, 4.69) is 10.3 Å². The Kier molecular flexibility index (Phi) is 3.96. The molecule has 2 aromatic rings. The van der Waals surface area contributed by atoms with Crippen LogP contribution in [0, 0.1) is 6.92 Å². The van der Waals surface area contributed by atoms with Gasteiger partial charge in [0.05, 0.1) is 6.61 Å². The molecule has 0 bridgehead atoms. The second-order valence-electron chi connectivity index (χ2n) is 5.43. The van der Waals surface area contributed by atoms with Gasteiger partial charge in [0.1, 0.15) is 5.75 Å². The maximum Gasteiger partial charge on any atom is 0.404 e. The third kappa shape index (κ3) is 2.88. The summed E-state index contributed by atoms with van der Waals surface area (Å²) in [5.74, 6) is 0.999. The summed E-state index contributed by atoms with van der Waals surface area (Å²) in [5, 5.41) is 11.3. The average molecular weight is 298 g/mol. The lowest BCUT2D eigenvalue weighted by Gasteiger charge is -2.27. The van der Waals surface area contributed by atoms with Crippen LogP contribution in [0.5, 0.6) is 5.75 Å². The van der Waals surface area contributed by atoms with Gasteiger partial charge >= 0.3 is 6.09 Å².